The van der Waals surface area contributed by atoms with Crippen molar-refractivity contribution in [2.45, 2.75) is 26.1 Å². The smallest absolute Gasteiger partial charge is 0.162 e. The maximum atomic E-state index is 9.70. The number of para-hydroxylation sites is 2. The molecule has 0 saturated heterocycles. The van der Waals surface area contributed by atoms with Gasteiger partial charge < -0.3 is 19.3 Å². The molecule has 0 aliphatic carbocycles. The number of ether oxygens (including phenoxy) is 3. The number of rotatable bonds is 8. The van der Waals surface area contributed by atoms with Crippen molar-refractivity contribution in [1.29, 1.82) is 0 Å². The van der Waals surface area contributed by atoms with Crippen LogP contribution in [0.4, 0.5) is 0 Å². The minimum atomic E-state index is -0.678. The first-order chi connectivity index (χ1) is 9.13. The predicted molar refractivity (Wildman–Crippen MR) is 73.4 cm³/mol. The average molecular weight is 264 g/mol. The lowest BCUT2D eigenvalue weighted by molar-refractivity contribution is -0.0126. The van der Waals surface area contributed by atoms with E-state index in [1.165, 1.54) is 0 Å². The van der Waals surface area contributed by atoms with Crippen molar-refractivity contribution in [1.82, 2.24) is 0 Å². The standard InChI is InChI=1S/C15H20O4/c1-4-9-17-14-7-5-6-8-15(14)19-11-13(16)10-18-12(2)3/h1,5-8,12-13,16H,9-11H2,2-3H3. The largest absolute Gasteiger partial charge is 0.487 e. The van der Waals surface area contributed by atoms with Crippen LogP contribution >= 0.6 is 0 Å². The van der Waals surface area contributed by atoms with Gasteiger partial charge in [-0.2, -0.15) is 0 Å². The van der Waals surface area contributed by atoms with Crippen LogP contribution in [-0.2, 0) is 4.74 Å². The topological polar surface area (TPSA) is 47.9 Å². The van der Waals surface area contributed by atoms with Gasteiger partial charge in [-0.15, -0.1) is 6.42 Å². The molecule has 1 unspecified atom stereocenters. The summed E-state index contributed by atoms with van der Waals surface area (Å²) in [6, 6.07) is 7.19. The van der Waals surface area contributed by atoms with Crippen molar-refractivity contribution in [3.63, 3.8) is 0 Å². The van der Waals surface area contributed by atoms with Crippen LogP contribution in [0.1, 0.15) is 13.8 Å². The van der Waals surface area contributed by atoms with Crippen LogP contribution < -0.4 is 9.47 Å². The van der Waals surface area contributed by atoms with Gasteiger partial charge in [-0.3, -0.25) is 0 Å². The second kappa shape index (κ2) is 8.41. The SMILES string of the molecule is C#CCOc1ccccc1OCC(O)COC(C)C. The van der Waals surface area contributed by atoms with Crippen LogP contribution in [-0.4, -0.2) is 37.1 Å². The highest BCUT2D eigenvalue weighted by atomic mass is 16.5. The zero-order chi connectivity index (χ0) is 14.1. The normalized spacial score (nSPS) is 11.9. The lowest BCUT2D eigenvalue weighted by Crippen LogP contribution is -2.25. The highest BCUT2D eigenvalue weighted by Crippen LogP contribution is 2.26. The number of terminal acetylenes is 1. The van der Waals surface area contributed by atoms with Gasteiger partial charge in [0.15, 0.2) is 11.5 Å². The lowest BCUT2D eigenvalue weighted by atomic mass is 10.3. The number of hydrogen-bond donors (Lipinski definition) is 1. The summed E-state index contributed by atoms with van der Waals surface area (Å²) in [5, 5.41) is 9.70. The Bertz CT molecular complexity index is 409. The molecule has 0 bridgehead atoms. The van der Waals surface area contributed by atoms with E-state index < -0.39 is 6.10 Å². The molecule has 4 nitrogen and oxygen atoms in total. The third kappa shape index (κ3) is 6.14. The van der Waals surface area contributed by atoms with Crippen molar-refractivity contribution in [3.8, 4) is 23.8 Å². The molecule has 1 rings (SSSR count). The molecular formula is C15H20O4. The van der Waals surface area contributed by atoms with Crippen LogP contribution in [0.25, 0.3) is 0 Å². The summed E-state index contributed by atoms with van der Waals surface area (Å²) in [5.41, 5.74) is 0. The highest BCUT2D eigenvalue weighted by Gasteiger charge is 2.09. The third-order valence-corrected chi connectivity index (χ3v) is 2.21. The first-order valence-corrected chi connectivity index (χ1v) is 6.21. The van der Waals surface area contributed by atoms with E-state index in [-0.39, 0.29) is 25.9 Å². The molecule has 0 radical (unpaired) electrons. The number of aliphatic hydroxyl groups excluding tert-OH is 1. The Balaban J connectivity index is 2.46. The second-order valence-electron chi connectivity index (χ2n) is 4.29. The minimum absolute atomic E-state index is 0.0842. The van der Waals surface area contributed by atoms with Crippen molar-refractivity contribution < 1.29 is 19.3 Å². The molecule has 1 atom stereocenters. The molecule has 0 amide bonds. The van der Waals surface area contributed by atoms with Gasteiger partial charge in [0.05, 0.1) is 12.7 Å². The summed E-state index contributed by atoms with van der Waals surface area (Å²) in [5.74, 6) is 3.52. The predicted octanol–water partition coefficient (Wildman–Crippen LogP) is 1.86. The van der Waals surface area contributed by atoms with Crippen LogP contribution in [0.5, 0.6) is 11.5 Å². The quantitative estimate of drug-likeness (QED) is 0.728. The second-order valence-corrected chi connectivity index (χ2v) is 4.29. The van der Waals surface area contributed by atoms with E-state index in [1.54, 1.807) is 12.1 Å². The Morgan fingerprint density at radius 3 is 2.37 bits per heavy atom. The molecule has 0 spiro atoms. The number of benzene rings is 1. The summed E-state index contributed by atoms with van der Waals surface area (Å²) < 4.78 is 16.1. The molecule has 0 fully saturated rings. The van der Waals surface area contributed by atoms with Crippen LogP contribution in [0.3, 0.4) is 0 Å². The minimum Gasteiger partial charge on any atom is -0.487 e. The molecular weight excluding hydrogens is 244 g/mol. The van der Waals surface area contributed by atoms with Crippen molar-refractivity contribution in [2.24, 2.45) is 0 Å². The van der Waals surface area contributed by atoms with E-state index in [2.05, 4.69) is 5.92 Å². The Hall–Kier alpha value is -1.70. The molecule has 104 valence electrons. The Kier molecular flexibility index (Phi) is 6.80. The van der Waals surface area contributed by atoms with Crippen LogP contribution in [0, 0.1) is 12.3 Å². The molecule has 0 aliphatic heterocycles. The van der Waals surface area contributed by atoms with E-state index in [9.17, 15) is 5.11 Å². The van der Waals surface area contributed by atoms with E-state index in [1.807, 2.05) is 26.0 Å². The third-order valence-electron chi connectivity index (χ3n) is 2.21. The van der Waals surface area contributed by atoms with Crippen molar-refractivity contribution in [2.75, 3.05) is 19.8 Å². The van der Waals surface area contributed by atoms with E-state index >= 15 is 0 Å². The molecule has 1 N–H and O–H groups in total. The van der Waals surface area contributed by atoms with E-state index in [0.717, 1.165) is 0 Å². The first-order valence-electron chi connectivity index (χ1n) is 6.21. The van der Waals surface area contributed by atoms with Gasteiger partial charge in [-0.25, -0.2) is 0 Å². The van der Waals surface area contributed by atoms with Gasteiger partial charge in [0.1, 0.15) is 19.3 Å². The lowest BCUT2D eigenvalue weighted by Gasteiger charge is -2.16. The fraction of sp³-hybridized carbons (Fsp3) is 0.467. The highest BCUT2D eigenvalue weighted by molar-refractivity contribution is 5.39. The summed E-state index contributed by atoms with van der Waals surface area (Å²) in [7, 11) is 0. The fourth-order valence-electron chi connectivity index (χ4n) is 1.35. The van der Waals surface area contributed by atoms with Crippen LogP contribution in [0.15, 0.2) is 24.3 Å². The first kappa shape index (κ1) is 15.4. The van der Waals surface area contributed by atoms with Gasteiger partial charge in [-0.1, -0.05) is 18.1 Å². The zero-order valence-corrected chi connectivity index (χ0v) is 11.3. The fourth-order valence-corrected chi connectivity index (χ4v) is 1.35. The molecule has 0 aliphatic rings. The molecule has 4 heteroatoms. The molecule has 1 aromatic carbocycles. The van der Waals surface area contributed by atoms with Gasteiger partial charge >= 0.3 is 0 Å². The molecule has 0 aromatic heterocycles. The molecule has 19 heavy (non-hydrogen) atoms. The van der Waals surface area contributed by atoms with Crippen molar-refractivity contribution >= 4 is 0 Å². The van der Waals surface area contributed by atoms with Gasteiger partial charge in [-0.05, 0) is 26.0 Å². The summed E-state index contributed by atoms with van der Waals surface area (Å²) in [4.78, 5) is 0. The maximum Gasteiger partial charge on any atom is 0.162 e. The number of hydrogen-bond acceptors (Lipinski definition) is 4. The molecule has 1 aromatic rings. The van der Waals surface area contributed by atoms with Crippen LogP contribution in [0.2, 0.25) is 0 Å². The van der Waals surface area contributed by atoms with Gasteiger partial charge in [0, 0.05) is 0 Å². The Morgan fingerprint density at radius 1 is 1.16 bits per heavy atom. The molecule has 0 saturated carbocycles. The van der Waals surface area contributed by atoms with E-state index in [4.69, 9.17) is 20.6 Å². The number of aliphatic hydroxyl groups is 1. The maximum absolute atomic E-state index is 9.70. The summed E-state index contributed by atoms with van der Waals surface area (Å²) in [6.07, 6.45) is 4.55. The molecule has 0 heterocycles. The van der Waals surface area contributed by atoms with Gasteiger partial charge in [0.25, 0.3) is 0 Å². The monoisotopic (exact) mass is 264 g/mol. The zero-order valence-electron chi connectivity index (χ0n) is 11.3. The van der Waals surface area contributed by atoms with E-state index in [0.29, 0.717) is 11.5 Å². The van der Waals surface area contributed by atoms with Crippen molar-refractivity contribution in [3.05, 3.63) is 24.3 Å². The van der Waals surface area contributed by atoms with Gasteiger partial charge in [0.2, 0.25) is 0 Å². The average Bonchev–Trinajstić information content (AvgIpc) is 2.41. The summed E-state index contributed by atoms with van der Waals surface area (Å²) >= 11 is 0. The Labute approximate surface area is 114 Å². The summed E-state index contributed by atoms with van der Waals surface area (Å²) in [6.45, 7) is 4.39. The Morgan fingerprint density at radius 2 is 1.79 bits per heavy atom.